The Bertz CT molecular complexity index is 404. The summed E-state index contributed by atoms with van der Waals surface area (Å²) < 4.78 is 22.2. The van der Waals surface area contributed by atoms with Crippen LogP contribution in [0.4, 0.5) is 4.79 Å². The fraction of sp³-hybridized carbons (Fsp3) is 0.909. The quantitative estimate of drug-likeness (QED) is 0.752. The number of hydrogen-bond donors (Lipinski definition) is 1. The van der Waals surface area contributed by atoms with E-state index in [0.717, 1.165) is 32.5 Å². The van der Waals surface area contributed by atoms with Crippen molar-refractivity contribution in [2.24, 2.45) is 0 Å². The SMILES string of the molecule is CS(=O)(=O)CCN1CCN(C2CCNCC2)C1=O. The van der Waals surface area contributed by atoms with Crippen LogP contribution in [0.2, 0.25) is 0 Å². The van der Waals surface area contributed by atoms with Gasteiger partial charge in [-0.25, -0.2) is 13.2 Å². The molecule has 2 amide bonds. The van der Waals surface area contributed by atoms with E-state index in [4.69, 9.17) is 0 Å². The summed E-state index contributed by atoms with van der Waals surface area (Å²) in [6, 6.07) is 0.326. The second kappa shape index (κ2) is 5.44. The van der Waals surface area contributed by atoms with Gasteiger partial charge in [0.2, 0.25) is 0 Å². The molecule has 0 aromatic heterocycles. The Morgan fingerprint density at radius 3 is 2.56 bits per heavy atom. The van der Waals surface area contributed by atoms with Gasteiger partial charge in [-0.3, -0.25) is 0 Å². The molecule has 7 heteroatoms. The van der Waals surface area contributed by atoms with E-state index in [2.05, 4.69) is 5.32 Å². The third-order valence-corrected chi connectivity index (χ3v) is 4.53. The maximum Gasteiger partial charge on any atom is 0.320 e. The Kier molecular flexibility index (Phi) is 4.11. The molecule has 0 saturated carbocycles. The highest BCUT2D eigenvalue weighted by Gasteiger charge is 2.34. The van der Waals surface area contributed by atoms with Crippen molar-refractivity contribution < 1.29 is 13.2 Å². The van der Waals surface area contributed by atoms with Gasteiger partial charge >= 0.3 is 6.03 Å². The van der Waals surface area contributed by atoms with Crippen molar-refractivity contribution in [3.63, 3.8) is 0 Å². The molecule has 18 heavy (non-hydrogen) atoms. The van der Waals surface area contributed by atoms with Gasteiger partial charge in [-0.05, 0) is 25.9 Å². The first-order valence-electron chi connectivity index (χ1n) is 6.41. The van der Waals surface area contributed by atoms with E-state index in [1.54, 1.807) is 4.90 Å². The number of carbonyl (C=O) groups excluding carboxylic acids is 1. The monoisotopic (exact) mass is 275 g/mol. The lowest BCUT2D eigenvalue weighted by atomic mass is 10.1. The van der Waals surface area contributed by atoms with Crippen molar-refractivity contribution in [1.82, 2.24) is 15.1 Å². The van der Waals surface area contributed by atoms with Crippen molar-refractivity contribution in [2.45, 2.75) is 18.9 Å². The van der Waals surface area contributed by atoms with E-state index in [9.17, 15) is 13.2 Å². The molecular formula is C11H21N3O3S. The molecule has 0 aliphatic carbocycles. The van der Waals surface area contributed by atoms with Crippen molar-refractivity contribution in [1.29, 1.82) is 0 Å². The van der Waals surface area contributed by atoms with Crippen molar-refractivity contribution in [3.8, 4) is 0 Å². The number of hydrogen-bond acceptors (Lipinski definition) is 4. The number of nitrogens with one attached hydrogen (secondary N) is 1. The van der Waals surface area contributed by atoms with Gasteiger partial charge in [0, 0.05) is 31.9 Å². The summed E-state index contributed by atoms with van der Waals surface area (Å²) in [6.07, 6.45) is 3.19. The zero-order valence-electron chi connectivity index (χ0n) is 10.8. The summed E-state index contributed by atoms with van der Waals surface area (Å²) in [7, 11) is -3.00. The van der Waals surface area contributed by atoms with Gasteiger partial charge < -0.3 is 15.1 Å². The van der Waals surface area contributed by atoms with Gasteiger partial charge in [0.1, 0.15) is 9.84 Å². The Labute approximate surface area is 108 Å². The van der Waals surface area contributed by atoms with E-state index in [0.29, 0.717) is 19.1 Å². The van der Waals surface area contributed by atoms with Crippen molar-refractivity contribution in [3.05, 3.63) is 0 Å². The van der Waals surface area contributed by atoms with Crippen LogP contribution in [-0.2, 0) is 9.84 Å². The van der Waals surface area contributed by atoms with Crippen LogP contribution in [0.5, 0.6) is 0 Å². The molecule has 0 aromatic carbocycles. The third kappa shape index (κ3) is 3.35. The number of piperidine rings is 1. The van der Waals surface area contributed by atoms with E-state index in [1.807, 2.05) is 4.90 Å². The topological polar surface area (TPSA) is 69.7 Å². The van der Waals surface area contributed by atoms with Gasteiger partial charge in [-0.1, -0.05) is 0 Å². The predicted octanol–water partition coefficient (Wildman–Crippen LogP) is -0.479. The molecule has 0 bridgehead atoms. The van der Waals surface area contributed by atoms with Gasteiger partial charge in [0.25, 0.3) is 0 Å². The second-order valence-electron chi connectivity index (χ2n) is 5.07. The van der Waals surface area contributed by atoms with Crippen molar-refractivity contribution >= 4 is 15.9 Å². The lowest BCUT2D eigenvalue weighted by Gasteiger charge is -2.31. The standard InChI is InChI=1S/C11H21N3O3S/c1-18(16,17)9-8-13-6-7-14(11(13)15)10-2-4-12-5-3-10/h10,12H,2-9H2,1H3. The van der Waals surface area contributed by atoms with Crippen LogP contribution >= 0.6 is 0 Å². The highest BCUT2D eigenvalue weighted by molar-refractivity contribution is 7.90. The highest BCUT2D eigenvalue weighted by atomic mass is 32.2. The molecule has 0 atom stereocenters. The molecule has 2 aliphatic heterocycles. The van der Waals surface area contributed by atoms with Gasteiger partial charge in [-0.15, -0.1) is 0 Å². The van der Waals surface area contributed by atoms with Gasteiger partial charge in [0.05, 0.1) is 5.75 Å². The molecule has 6 nitrogen and oxygen atoms in total. The molecule has 2 fully saturated rings. The van der Waals surface area contributed by atoms with Crippen LogP contribution in [0.25, 0.3) is 0 Å². The molecule has 0 unspecified atom stereocenters. The normalized spacial score (nSPS) is 22.8. The van der Waals surface area contributed by atoms with Gasteiger partial charge in [-0.2, -0.15) is 0 Å². The number of rotatable bonds is 4. The molecule has 0 radical (unpaired) electrons. The van der Waals surface area contributed by atoms with Crippen LogP contribution in [0.1, 0.15) is 12.8 Å². The number of urea groups is 1. The Hall–Kier alpha value is -0.820. The zero-order chi connectivity index (χ0) is 13.2. The first-order valence-corrected chi connectivity index (χ1v) is 8.47. The molecule has 2 heterocycles. The highest BCUT2D eigenvalue weighted by Crippen LogP contribution is 2.18. The Morgan fingerprint density at radius 2 is 1.94 bits per heavy atom. The molecule has 0 aromatic rings. The number of nitrogens with zero attached hydrogens (tertiary/aromatic N) is 2. The fourth-order valence-electron chi connectivity index (χ4n) is 2.54. The first kappa shape index (κ1) is 13.6. The average Bonchev–Trinajstić information content (AvgIpc) is 2.68. The van der Waals surface area contributed by atoms with Crippen molar-refractivity contribution in [2.75, 3.05) is 44.7 Å². The Balaban J connectivity index is 1.88. The van der Waals surface area contributed by atoms with E-state index < -0.39 is 9.84 Å². The van der Waals surface area contributed by atoms with Crippen LogP contribution < -0.4 is 5.32 Å². The second-order valence-corrected chi connectivity index (χ2v) is 7.33. The smallest absolute Gasteiger partial charge is 0.320 e. The largest absolute Gasteiger partial charge is 0.322 e. The molecule has 2 saturated heterocycles. The van der Waals surface area contributed by atoms with E-state index >= 15 is 0 Å². The molecule has 1 N–H and O–H groups in total. The number of sulfone groups is 1. The summed E-state index contributed by atoms with van der Waals surface area (Å²) in [4.78, 5) is 15.7. The summed E-state index contributed by atoms with van der Waals surface area (Å²) >= 11 is 0. The number of amides is 2. The van der Waals surface area contributed by atoms with Crippen LogP contribution in [0.3, 0.4) is 0 Å². The molecule has 0 spiro atoms. The molecule has 104 valence electrons. The lowest BCUT2D eigenvalue weighted by Crippen LogP contribution is -2.45. The zero-order valence-corrected chi connectivity index (χ0v) is 11.6. The first-order chi connectivity index (χ1) is 8.47. The fourth-order valence-corrected chi connectivity index (χ4v) is 3.09. The summed E-state index contributed by atoms with van der Waals surface area (Å²) in [5.74, 6) is 0.0544. The average molecular weight is 275 g/mol. The predicted molar refractivity (Wildman–Crippen MR) is 69.3 cm³/mol. The van der Waals surface area contributed by atoms with Gasteiger partial charge in [0.15, 0.2) is 0 Å². The summed E-state index contributed by atoms with van der Waals surface area (Å²) in [5.41, 5.74) is 0. The minimum Gasteiger partial charge on any atom is -0.322 e. The van der Waals surface area contributed by atoms with E-state index in [-0.39, 0.29) is 11.8 Å². The maximum absolute atomic E-state index is 12.2. The Morgan fingerprint density at radius 1 is 1.28 bits per heavy atom. The minimum atomic E-state index is -3.00. The van der Waals surface area contributed by atoms with E-state index in [1.165, 1.54) is 6.26 Å². The molecule has 2 aliphatic rings. The number of carbonyl (C=O) groups is 1. The van der Waals surface area contributed by atoms with Crippen LogP contribution in [-0.4, -0.2) is 75.0 Å². The van der Waals surface area contributed by atoms with Crippen LogP contribution in [0.15, 0.2) is 0 Å². The summed E-state index contributed by atoms with van der Waals surface area (Å²) in [6.45, 7) is 3.61. The third-order valence-electron chi connectivity index (χ3n) is 3.61. The molecule has 2 rings (SSSR count). The minimum absolute atomic E-state index is 0.00514. The van der Waals surface area contributed by atoms with Crippen LogP contribution in [0, 0.1) is 0 Å². The summed E-state index contributed by atoms with van der Waals surface area (Å²) in [5, 5.41) is 3.28. The maximum atomic E-state index is 12.2. The lowest BCUT2D eigenvalue weighted by molar-refractivity contribution is 0.167. The molecular weight excluding hydrogens is 254 g/mol.